The van der Waals surface area contributed by atoms with Gasteiger partial charge in [0.15, 0.2) is 12.0 Å². The summed E-state index contributed by atoms with van der Waals surface area (Å²) >= 11 is 0. The minimum Gasteiger partial charge on any atom is -0.385 e. The summed E-state index contributed by atoms with van der Waals surface area (Å²) < 4.78 is 14.4. The zero-order chi connectivity index (χ0) is 18.6. The molecule has 0 aromatic heterocycles. The van der Waals surface area contributed by atoms with Gasteiger partial charge in [-0.25, -0.2) is 4.39 Å². The summed E-state index contributed by atoms with van der Waals surface area (Å²) in [4.78, 5) is 14.1. The zero-order valence-electron chi connectivity index (χ0n) is 14.7. The first kappa shape index (κ1) is 18.7. The summed E-state index contributed by atoms with van der Waals surface area (Å²) in [6, 6.07) is 18.0. The minimum absolute atomic E-state index is 0.0442. The van der Waals surface area contributed by atoms with E-state index in [0.29, 0.717) is 31.5 Å². The van der Waals surface area contributed by atoms with Crippen LogP contribution in [-0.4, -0.2) is 41.2 Å². The normalized spacial score (nSPS) is 19.7. The van der Waals surface area contributed by atoms with E-state index in [9.17, 15) is 14.3 Å². The fourth-order valence-electron chi connectivity index (χ4n) is 3.51. The molecule has 4 nitrogen and oxygen atoms in total. The van der Waals surface area contributed by atoms with Crippen LogP contribution in [-0.2, 0) is 5.60 Å². The lowest BCUT2D eigenvalue weighted by Crippen LogP contribution is -2.51. The molecular formula is C21H25FN2O2. The lowest BCUT2D eigenvalue weighted by Gasteiger charge is -2.41. The molecule has 1 aliphatic rings. The van der Waals surface area contributed by atoms with Crippen LogP contribution in [0.3, 0.4) is 0 Å². The van der Waals surface area contributed by atoms with E-state index in [1.54, 1.807) is 30.3 Å². The Morgan fingerprint density at radius 1 is 1.08 bits per heavy atom. The molecule has 1 saturated heterocycles. The third-order valence-electron chi connectivity index (χ3n) is 5.20. The molecule has 2 atom stereocenters. The molecule has 1 heterocycles. The van der Waals surface area contributed by atoms with Gasteiger partial charge in [0, 0.05) is 25.1 Å². The molecule has 3 N–H and O–H groups in total. The SMILES string of the molecule is NC(CC(F)C(=O)c1ccccc1)N1CCC(O)(c2ccccc2)CC1. The number of nitrogens with two attached hydrogens (primary N) is 1. The second-order valence-electron chi connectivity index (χ2n) is 6.93. The Morgan fingerprint density at radius 2 is 1.62 bits per heavy atom. The maximum absolute atomic E-state index is 14.4. The molecule has 3 rings (SSSR count). The van der Waals surface area contributed by atoms with Crippen LogP contribution < -0.4 is 5.73 Å². The molecule has 5 heteroatoms. The second-order valence-corrected chi connectivity index (χ2v) is 6.93. The van der Waals surface area contributed by atoms with Crippen molar-refractivity contribution in [3.05, 3.63) is 71.8 Å². The number of nitrogens with zero attached hydrogens (tertiary/aromatic N) is 1. The molecule has 2 aromatic carbocycles. The van der Waals surface area contributed by atoms with Gasteiger partial charge in [-0.3, -0.25) is 9.69 Å². The van der Waals surface area contributed by atoms with Gasteiger partial charge in [0.1, 0.15) is 0 Å². The largest absolute Gasteiger partial charge is 0.385 e. The Hall–Kier alpha value is -2.08. The summed E-state index contributed by atoms with van der Waals surface area (Å²) in [6.07, 6.45) is -1.14. The van der Waals surface area contributed by atoms with Crippen LogP contribution >= 0.6 is 0 Å². The van der Waals surface area contributed by atoms with Crippen molar-refractivity contribution in [2.45, 2.75) is 37.2 Å². The average Bonchev–Trinajstić information content (AvgIpc) is 2.69. The van der Waals surface area contributed by atoms with Crippen molar-refractivity contribution in [3.63, 3.8) is 0 Å². The van der Waals surface area contributed by atoms with E-state index >= 15 is 0 Å². The van der Waals surface area contributed by atoms with Crippen molar-refractivity contribution in [3.8, 4) is 0 Å². The van der Waals surface area contributed by atoms with Gasteiger partial charge in [0.25, 0.3) is 0 Å². The summed E-state index contributed by atoms with van der Waals surface area (Å²) in [5.41, 5.74) is 6.54. The topological polar surface area (TPSA) is 66.6 Å². The third kappa shape index (κ3) is 4.18. The number of halogens is 1. The van der Waals surface area contributed by atoms with Crippen LogP contribution in [0.25, 0.3) is 0 Å². The number of carbonyl (C=O) groups is 1. The van der Waals surface area contributed by atoms with Crippen molar-refractivity contribution < 1.29 is 14.3 Å². The number of carbonyl (C=O) groups excluding carboxylic acids is 1. The van der Waals surface area contributed by atoms with Crippen LogP contribution in [0.1, 0.15) is 35.2 Å². The number of piperidine rings is 1. The molecule has 0 amide bonds. The molecule has 2 aromatic rings. The molecule has 0 aliphatic carbocycles. The summed E-state index contributed by atoms with van der Waals surface area (Å²) in [7, 11) is 0. The highest BCUT2D eigenvalue weighted by Gasteiger charge is 2.36. The highest BCUT2D eigenvalue weighted by atomic mass is 19.1. The Morgan fingerprint density at radius 3 is 2.19 bits per heavy atom. The lowest BCUT2D eigenvalue weighted by molar-refractivity contribution is -0.0374. The molecule has 2 unspecified atom stereocenters. The maximum Gasteiger partial charge on any atom is 0.197 e. The maximum atomic E-state index is 14.4. The molecule has 26 heavy (non-hydrogen) atoms. The Bertz CT molecular complexity index is 715. The van der Waals surface area contributed by atoms with Crippen LogP contribution in [0.4, 0.5) is 4.39 Å². The number of aliphatic hydroxyl groups is 1. The highest BCUT2D eigenvalue weighted by Crippen LogP contribution is 2.33. The molecule has 0 radical (unpaired) electrons. The van der Waals surface area contributed by atoms with Gasteiger partial charge < -0.3 is 10.8 Å². The number of benzene rings is 2. The van der Waals surface area contributed by atoms with E-state index in [1.807, 2.05) is 35.2 Å². The van der Waals surface area contributed by atoms with Crippen LogP contribution in [0.2, 0.25) is 0 Å². The van der Waals surface area contributed by atoms with Crippen molar-refractivity contribution in [2.24, 2.45) is 5.73 Å². The van der Waals surface area contributed by atoms with E-state index in [0.717, 1.165) is 5.56 Å². The number of hydrogen-bond acceptors (Lipinski definition) is 4. The Balaban J connectivity index is 1.55. The van der Waals surface area contributed by atoms with Crippen molar-refractivity contribution >= 4 is 5.78 Å². The first-order valence-corrected chi connectivity index (χ1v) is 9.00. The van der Waals surface area contributed by atoms with E-state index in [-0.39, 0.29) is 6.42 Å². The third-order valence-corrected chi connectivity index (χ3v) is 5.20. The van der Waals surface area contributed by atoms with Crippen molar-refractivity contribution in [1.82, 2.24) is 4.90 Å². The van der Waals surface area contributed by atoms with E-state index in [2.05, 4.69) is 0 Å². The van der Waals surface area contributed by atoms with Gasteiger partial charge in [0.2, 0.25) is 0 Å². The Kier molecular flexibility index (Phi) is 5.81. The quantitative estimate of drug-likeness (QED) is 0.781. The van der Waals surface area contributed by atoms with E-state index < -0.39 is 23.7 Å². The molecular weight excluding hydrogens is 331 g/mol. The first-order chi connectivity index (χ1) is 12.5. The molecule has 1 fully saturated rings. The number of alkyl halides is 1. The van der Waals surface area contributed by atoms with Gasteiger partial charge in [-0.15, -0.1) is 0 Å². The first-order valence-electron chi connectivity index (χ1n) is 9.00. The van der Waals surface area contributed by atoms with Gasteiger partial charge in [-0.05, 0) is 18.4 Å². The molecule has 1 aliphatic heterocycles. The molecule has 0 bridgehead atoms. The van der Waals surface area contributed by atoms with Crippen LogP contribution in [0.5, 0.6) is 0 Å². The zero-order valence-corrected chi connectivity index (χ0v) is 14.7. The van der Waals surface area contributed by atoms with E-state index in [1.165, 1.54) is 0 Å². The van der Waals surface area contributed by atoms with Gasteiger partial charge in [-0.1, -0.05) is 60.7 Å². The average molecular weight is 356 g/mol. The molecule has 0 spiro atoms. The smallest absolute Gasteiger partial charge is 0.197 e. The standard InChI is InChI=1S/C21H25FN2O2/c22-18(20(25)16-7-3-1-4-8-16)15-19(23)24-13-11-21(26,12-14-24)17-9-5-2-6-10-17/h1-10,18-19,26H,11-15,23H2. The van der Waals surface area contributed by atoms with Gasteiger partial charge >= 0.3 is 0 Å². The predicted molar refractivity (Wildman–Crippen MR) is 99.4 cm³/mol. The second kappa shape index (κ2) is 8.08. The monoisotopic (exact) mass is 356 g/mol. The van der Waals surface area contributed by atoms with Crippen molar-refractivity contribution in [2.75, 3.05) is 13.1 Å². The summed E-state index contributed by atoms with van der Waals surface area (Å²) in [5, 5.41) is 10.9. The Labute approximate surface area is 153 Å². The number of hydrogen-bond donors (Lipinski definition) is 2. The summed E-state index contributed by atoms with van der Waals surface area (Å²) in [6.45, 7) is 1.14. The van der Waals surface area contributed by atoms with Gasteiger partial charge in [0.05, 0.1) is 11.8 Å². The summed E-state index contributed by atoms with van der Waals surface area (Å²) in [5.74, 6) is -0.529. The van der Waals surface area contributed by atoms with Crippen molar-refractivity contribution in [1.29, 1.82) is 0 Å². The van der Waals surface area contributed by atoms with Crippen LogP contribution in [0.15, 0.2) is 60.7 Å². The predicted octanol–water partition coefficient (Wildman–Crippen LogP) is 2.87. The highest BCUT2D eigenvalue weighted by molar-refractivity contribution is 5.99. The minimum atomic E-state index is -1.62. The van der Waals surface area contributed by atoms with Crippen LogP contribution in [0, 0.1) is 0 Å². The number of rotatable bonds is 6. The fraction of sp³-hybridized carbons (Fsp3) is 0.381. The molecule has 138 valence electrons. The molecule has 0 saturated carbocycles. The van der Waals surface area contributed by atoms with Gasteiger partial charge in [-0.2, -0.15) is 0 Å². The number of likely N-dealkylation sites (tertiary alicyclic amines) is 1. The number of ketones is 1. The lowest BCUT2D eigenvalue weighted by atomic mass is 9.84. The number of Topliss-reactive ketones (excluding diaryl/α,β-unsaturated/α-hetero) is 1. The fourth-order valence-corrected chi connectivity index (χ4v) is 3.51. The van der Waals surface area contributed by atoms with E-state index in [4.69, 9.17) is 5.73 Å².